The maximum atomic E-state index is 13.0. The normalized spacial score (nSPS) is 14.9. The molecule has 4 rings (SSSR count). The molecule has 1 saturated heterocycles. The molecule has 0 atom stereocenters. The van der Waals surface area contributed by atoms with Gasteiger partial charge in [-0.15, -0.1) is 0 Å². The molecule has 0 unspecified atom stereocenters. The van der Waals surface area contributed by atoms with Crippen LogP contribution in [-0.4, -0.2) is 41.1 Å². The monoisotopic (exact) mass is 381 g/mol. The lowest BCUT2D eigenvalue weighted by Crippen LogP contribution is -2.38. The number of hydrogen-bond acceptors (Lipinski definition) is 5. The summed E-state index contributed by atoms with van der Waals surface area (Å²) in [6.45, 7) is 1.19. The first-order valence-corrected chi connectivity index (χ1v) is 9.17. The first-order chi connectivity index (χ1) is 13.6. The highest BCUT2D eigenvalue weighted by Crippen LogP contribution is 2.30. The van der Waals surface area contributed by atoms with Gasteiger partial charge in [-0.1, -0.05) is 17.3 Å². The van der Waals surface area contributed by atoms with E-state index in [-0.39, 0.29) is 17.6 Å². The molecule has 3 aromatic rings. The number of benzene rings is 2. The van der Waals surface area contributed by atoms with Crippen molar-refractivity contribution in [2.45, 2.75) is 18.8 Å². The Morgan fingerprint density at radius 2 is 1.93 bits per heavy atom. The van der Waals surface area contributed by atoms with Gasteiger partial charge in [0.1, 0.15) is 11.6 Å². The molecule has 0 saturated carbocycles. The first-order valence-electron chi connectivity index (χ1n) is 9.17. The number of methoxy groups -OCH3 is 1. The van der Waals surface area contributed by atoms with Crippen molar-refractivity contribution in [1.29, 1.82) is 0 Å². The lowest BCUT2D eigenvalue weighted by molar-refractivity contribution is 0.0704. The maximum Gasteiger partial charge on any atom is 0.253 e. The number of carbonyl (C=O) groups excluding carboxylic acids is 1. The molecule has 1 aromatic heterocycles. The van der Waals surface area contributed by atoms with Crippen LogP contribution in [0.4, 0.5) is 4.39 Å². The smallest absolute Gasteiger partial charge is 0.253 e. The molecule has 6 nitrogen and oxygen atoms in total. The highest BCUT2D eigenvalue weighted by atomic mass is 19.1. The van der Waals surface area contributed by atoms with E-state index in [0.717, 1.165) is 24.2 Å². The van der Waals surface area contributed by atoms with Crippen LogP contribution >= 0.6 is 0 Å². The molecule has 1 amide bonds. The maximum absolute atomic E-state index is 13.0. The van der Waals surface area contributed by atoms with Gasteiger partial charge in [-0.2, -0.15) is 4.98 Å². The Hall–Kier alpha value is -3.22. The quantitative estimate of drug-likeness (QED) is 0.686. The molecule has 1 aliphatic heterocycles. The number of likely N-dealkylation sites (tertiary alicyclic amines) is 1. The zero-order valence-corrected chi connectivity index (χ0v) is 15.5. The van der Waals surface area contributed by atoms with Crippen LogP contribution in [-0.2, 0) is 0 Å². The Morgan fingerprint density at radius 1 is 1.18 bits per heavy atom. The van der Waals surface area contributed by atoms with E-state index >= 15 is 0 Å². The minimum absolute atomic E-state index is 0.0824. The Bertz CT molecular complexity index is 963. The van der Waals surface area contributed by atoms with Crippen LogP contribution in [0.2, 0.25) is 0 Å². The Kier molecular flexibility index (Phi) is 5.06. The molecule has 0 spiro atoms. The molecule has 2 heterocycles. The van der Waals surface area contributed by atoms with Crippen molar-refractivity contribution in [2.75, 3.05) is 20.2 Å². The van der Waals surface area contributed by atoms with Gasteiger partial charge in [-0.05, 0) is 49.2 Å². The van der Waals surface area contributed by atoms with E-state index in [2.05, 4.69) is 10.1 Å². The number of aromatic nitrogens is 2. The first kappa shape index (κ1) is 18.2. The standard InChI is InChI=1S/C21H20FN3O3/c1-27-18-4-2-3-16(13-18)19-23-20(28-24-19)14-9-11-25(12-10-14)21(26)15-5-7-17(22)8-6-15/h2-8,13-14H,9-12H2,1H3. The van der Waals surface area contributed by atoms with Crippen LogP contribution in [0.5, 0.6) is 5.75 Å². The molecular formula is C21H20FN3O3. The fourth-order valence-corrected chi connectivity index (χ4v) is 3.39. The zero-order valence-electron chi connectivity index (χ0n) is 15.5. The summed E-state index contributed by atoms with van der Waals surface area (Å²) in [6, 6.07) is 13.1. The third-order valence-electron chi connectivity index (χ3n) is 4.99. The number of piperidine rings is 1. The van der Waals surface area contributed by atoms with Gasteiger partial charge in [-0.3, -0.25) is 4.79 Å². The summed E-state index contributed by atoms with van der Waals surface area (Å²) in [5.74, 6) is 1.53. The topological polar surface area (TPSA) is 68.5 Å². The largest absolute Gasteiger partial charge is 0.497 e. The summed E-state index contributed by atoms with van der Waals surface area (Å²) in [5, 5.41) is 4.09. The van der Waals surface area contributed by atoms with Crippen molar-refractivity contribution in [2.24, 2.45) is 0 Å². The van der Waals surface area contributed by atoms with Crippen molar-refractivity contribution in [3.8, 4) is 17.1 Å². The fraction of sp³-hybridized carbons (Fsp3) is 0.286. The van der Waals surface area contributed by atoms with Crippen LogP contribution < -0.4 is 4.74 Å². The van der Waals surface area contributed by atoms with Gasteiger partial charge in [-0.25, -0.2) is 4.39 Å². The minimum Gasteiger partial charge on any atom is -0.497 e. The summed E-state index contributed by atoms with van der Waals surface area (Å²) in [4.78, 5) is 18.9. The minimum atomic E-state index is -0.349. The molecular weight excluding hydrogens is 361 g/mol. The second kappa shape index (κ2) is 7.80. The van der Waals surface area contributed by atoms with Crippen molar-refractivity contribution in [3.63, 3.8) is 0 Å². The van der Waals surface area contributed by atoms with Crippen molar-refractivity contribution < 1.29 is 18.4 Å². The number of carbonyl (C=O) groups is 1. The summed E-state index contributed by atoms with van der Waals surface area (Å²) in [6.07, 6.45) is 1.49. The Morgan fingerprint density at radius 3 is 2.64 bits per heavy atom. The van der Waals surface area contributed by atoms with Gasteiger partial charge >= 0.3 is 0 Å². The van der Waals surface area contributed by atoms with Gasteiger partial charge in [0.25, 0.3) is 5.91 Å². The van der Waals surface area contributed by atoms with E-state index in [0.29, 0.717) is 30.4 Å². The fourth-order valence-electron chi connectivity index (χ4n) is 3.39. The zero-order chi connectivity index (χ0) is 19.5. The molecule has 1 aliphatic rings. The van der Waals surface area contributed by atoms with Gasteiger partial charge in [0.05, 0.1) is 7.11 Å². The second-order valence-corrected chi connectivity index (χ2v) is 6.76. The van der Waals surface area contributed by atoms with Crippen LogP contribution in [0.25, 0.3) is 11.4 Å². The summed E-state index contributed by atoms with van der Waals surface area (Å²) in [5.41, 5.74) is 1.33. The number of ether oxygens (including phenoxy) is 1. The van der Waals surface area contributed by atoms with Gasteiger partial charge < -0.3 is 14.2 Å². The predicted octanol–water partition coefficient (Wildman–Crippen LogP) is 3.90. The SMILES string of the molecule is COc1cccc(-c2noc(C3CCN(C(=O)c4ccc(F)cc4)CC3)n2)c1. The van der Waals surface area contributed by atoms with E-state index in [9.17, 15) is 9.18 Å². The number of rotatable bonds is 4. The molecule has 0 bridgehead atoms. The van der Waals surface area contributed by atoms with E-state index in [4.69, 9.17) is 9.26 Å². The van der Waals surface area contributed by atoms with E-state index in [1.54, 1.807) is 12.0 Å². The average molecular weight is 381 g/mol. The highest BCUT2D eigenvalue weighted by Gasteiger charge is 2.28. The molecule has 28 heavy (non-hydrogen) atoms. The van der Waals surface area contributed by atoms with E-state index in [1.807, 2.05) is 24.3 Å². The average Bonchev–Trinajstić information content (AvgIpc) is 3.24. The number of halogens is 1. The lowest BCUT2D eigenvalue weighted by Gasteiger charge is -2.30. The molecule has 0 N–H and O–H groups in total. The van der Waals surface area contributed by atoms with E-state index in [1.165, 1.54) is 24.3 Å². The Balaban J connectivity index is 1.41. The molecule has 2 aromatic carbocycles. The van der Waals surface area contributed by atoms with Gasteiger partial charge in [0.2, 0.25) is 11.7 Å². The lowest BCUT2D eigenvalue weighted by atomic mass is 9.96. The molecule has 144 valence electrons. The number of hydrogen-bond donors (Lipinski definition) is 0. The summed E-state index contributed by atoms with van der Waals surface area (Å²) >= 11 is 0. The van der Waals surface area contributed by atoms with Gasteiger partial charge in [0.15, 0.2) is 0 Å². The highest BCUT2D eigenvalue weighted by molar-refractivity contribution is 5.94. The molecule has 0 radical (unpaired) electrons. The number of nitrogens with zero attached hydrogens (tertiary/aromatic N) is 3. The molecule has 7 heteroatoms. The van der Waals surface area contributed by atoms with Crippen LogP contribution in [0.3, 0.4) is 0 Å². The summed E-state index contributed by atoms with van der Waals surface area (Å²) in [7, 11) is 1.61. The van der Waals surface area contributed by atoms with E-state index < -0.39 is 0 Å². The van der Waals surface area contributed by atoms with Crippen LogP contribution in [0.1, 0.15) is 35.0 Å². The Labute approximate surface area is 161 Å². The van der Waals surface area contributed by atoms with Gasteiger partial charge in [0, 0.05) is 30.1 Å². The van der Waals surface area contributed by atoms with Crippen molar-refractivity contribution >= 4 is 5.91 Å². The van der Waals surface area contributed by atoms with Crippen LogP contribution in [0.15, 0.2) is 53.1 Å². The predicted molar refractivity (Wildman–Crippen MR) is 101 cm³/mol. The third-order valence-corrected chi connectivity index (χ3v) is 4.99. The molecule has 0 aliphatic carbocycles. The summed E-state index contributed by atoms with van der Waals surface area (Å²) < 4.78 is 23.8. The third kappa shape index (κ3) is 3.74. The van der Waals surface area contributed by atoms with Crippen molar-refractivity contribution in [3.05, 3.63) is 65.8 Å². The molecule has 1 fully saturated rings. The van der Waals surface area contributed by atoms with Crippen LogP contribution in [0, 0.1) is 5.82 Å². The number of amides is 1. The second-order valence-electron chi connectivity index (χ2n) is 6.76. The van der Waals surface area contributed by atoms with Crippen molar-refractivity contribution in [1.82, 2.24) is 15.0 Å².